The van der Waals surface area contributed by atoms with Crippen LogP contribution < -0.4 is 5.56 Å². The predicted molar refractivity (Wildman–Crippen MR) is 94.4 cm³/mol. The summed E-state index contributed by atoms with van der Waals surface area (Å²) in [6.07, 6.45) is 5.93. The second-order valence-electron chi connectivity index (χ2n) is 7.06. The largest absolute Gasteiger partial charge is 0.379 e. The molecular formula is C18H28N4O3. The summed E-state index contributed by atoms with van der Waals surface area (Å²) >= 11 is 0. The van der Waals surface area contributed by atoms with Gasteiger partial charge in [0.1, 0.15) is 0 Å². The molecule has 1 aromatic heterocycles. The maximum absolute atomic E-state index is 12.1. The van der Waals surface area contributed by atoms with Gasteiger partial charge in [-0.3, -0.25) is 14.2 Å². The molecule has 7 heteroatoms. The molecule has 3 rings (SSSR count). The summed E-state index contributed by atoms with van der Waals surface area (Å²) in [5, 5.41) is 0. The van der Waals surface area contributed by atoms with Crippen LogP contribution in [0.15, 0.2) is 17.3 Å². The molecule has 2 saturated heterocycles. The third-order valence-corrected chi connectivity index (χ3v) is 5.24. The minimum Gasteiger partial charge on any atom is -0.379 e. The van der Waals surface area contributed by atoms with Crippen molar-refractivity contribution >= 4 is 5.91 Å². The van der Waals surface area contributed by atoms with Gasteiger partial charge in [0.15, 0.2) is 0 Å². The van der Waals surface area contributed by atoms with Crippen LogP contribution >= 0.6 is 0 Å². The Kier molecular flexibility index (Phi) is 6.20. The van der Waals surface area contributed by atoms with E-state index < -0.39 is 0 Å². The lowest BCUT2D eigenvalue weighted by Crippen LogP contribution is -2.42. The molecule has 138 valence electrons. The van der Waals surface area contributed by atoms with Crippen molar-refractivity contribution in [1.29, 1.82) is 0 Å². The number of hydrogen-bond acceptors (Lipinski definition) is 5. The molecule has 1 amide bonds. The Bertz CT molecular complexity index is 637. The second kappa shape index (κ2) is 8.58. The number of carbonyl (C=O) groups is 1. The van der Waals surface area contributed by atoms with Crippen molar-refractivity contribution in [3.8, 4) is 0 Å². The molecule has 0 bridgehead atoms. The van der Waals surface area contributed by atoms with Crippen LogP contribution in [-0.2, 0) is 16.1 Å². The third-order valence-electron chi connectivity index (χ3n) is 5.24. The van der Waals surface area contributed by atoms with Crippen molar-refractivity contribution in [1.82, 2.24) is 19.4 Å². The molecule has 7 nitrogen and oxygen atoms in total. The highest BCUT2D eigenvalue weighted by Gasteiger charge is 2.22. The average Bonchev–Trinajstić information content (AvgIpc) is 2.82. The van der Waals surface area contributed by atoms with Gasteiger partial charge < -0.3 is 14.5 Å². The van der Waals surface area contributed by atoms with E-state index in [1.54, 1.807) is 17.1 Å². The Labute approximate surface area is 148 Å². The molecule has 1 aromatic rings. The standard InChI is InChI=1S/C18H28N4O3/c1-15-12-19-14-22(18(15)24)13-16-2-5-20(6-3-16)7-8-21-9-11-25-10-4-17(21)23/h12,14,16H,2-11,13H2,1H3. The van der Waals surface area contributed by atoms with Crippen LogP contribution in [0.4, 0.5) is 0 Å². The average molecular weight is 348 g/mol. The number of aryl methyl sites for hydroxylation is 1. The second-order valence-corrected chi connectivity index (χ2v) is 7.06. The lowest BCUT2D eigenvalue weighted by molar-refractivity contribution is -0.130. The SMILES string of the molecule is Cc1cncn(CC2CCN(CCN3CCOCCC3=O)CC2)c1=O. The van der Waals surface area contributed by atoms with E-state index >= 15 is 0 Å². The third kappa shape index (κ3) is 4.89. The van der Waals surface area contributed by atoms with Crippen molar-refractivity contribution < 1.29 is 9.53 Å². The van der Waals surface area contributed by atoms with Crippen LogP contribution in [0.5, 0.6) is 0 Å². The van der Waals surface area contributed by atoms with Gasteiger partial charge in [0, 0.05) is 37.9 Å². The maximum Gasteiger partial charge on any atom is 0.256 e. The number of rotatable bonds is 5. The summed E-state index contributed by atoms with van der Waals surface area (Å²) in [7, 11) is 0. The van der Waals surface area contributed by atoms with Crippen molar-refractivity contribution in [2.45, 2.75) is 32.7 Å². The van der Waals surface area contributed by atoms with Crippen LogP contribution in [0, 0.1) is 12.8 Å². The first kappa shape index (κ1) is 18.1. The molecule has 0 atom stereocenters. The molecule has 0 saturated carbocycles. The predicted octanol–water partition coefficient (Wildman–Crippen LogP) is 0.513. The molecule has 0 spiro atoms. The molecule has 0 unspecified atom stereocenters. The summed E-state index contributed by atoms with van der Waals surface area (Å²) < 4.78 is 7.11. The number of aromatic nitrogens is 2. The van der Waals surface area contributed by atoms with Crippen LogP contribution in [0.3, 0.4) is 0 Å². The van der Waals surface area contributed by atoms with E-state index in [4.69, 9.17) is 4.74 Å². The van der Waals surface area contributed by atoms with E-state index in [1.165, 1.54) is 0 Å². The van der Waals surface area contributed by atoms with Crippen molar-refractivity contribution in [2.24, 2.45) is 5.92 Å². The molecular weight excluding hydrogens is 320 g/mol. The number of carbonyl (C=O) groups excluding carboxylic acids is 1. The Hall–Kier alpha value is -1.73. The summed E-state index contributed by atoms with van der Waals surface area (Å²) in [6.45, 7) is 8.22. The molecule has 2 fully saturated rings. The highest BCUT2D eigenvalue weighted by atomic mass is 16.5. The van der Waals surface area contributed by atoms with Crippen molar-refractivity contribution in [2.75, 3.05) is 45.9 Å². The zero-order valence-electron chi connectivity index (χ0n) is 15.0. The van der Waals surface area contributed by atoms with Gasteiger partial charge in [-0.05, 0) is 38.8 Å². The Balaban J connectivity index is 1.43. The van der Waals surface area contributed by atoms with Gasteiger partial charge in [0.2, 0.25) is 5.91 Å². The minimum atomic E-state index is 0.0688. The zero-order valence-corrected chi connectivity index (χ0v) is 15.0. The number of piperidine rings is 1. The molecule has 0 aliphatic carbocycles. The zero-order chi connectivity index (χ0) is 17.6. The number of likely N-dealkylation sites (tertiary alicyclic amines) is 1. The first-order chi connectivity index (χ1) is 12.1. The first-order valence-electron chi connectivity index (χ1n) is 9.22. The fourth-order valence-corrected chi connectivity index (χ4v) is 3.58. The molecule has 2 aliphatic heterocycles. The molecule has 0 radical (unpaired) electrons. The number of amides is 1. The highest BCUT2D eigenvalue weighted by Crippen LogP contribution is 2.18. The van der Waals surface area contributed by atoms with Gasteiger partial charge in [-0.15, -0.1) is 0 Å². The fraction of sp³-hybridized carbons (Fsp3) is 0.722. The molecule has 3 heterocycles. The Morgan fingerprint density at radius 2 is 1.96 bits per heavy atom. The minimum absolute atomic E-state index is 0.0688. The highest BCUT2D eigenvalue weighted by molar-refractivity contribution is 5.76. The van der Waals surface area contributed by atoms with Crippen LogP contribution in [0.25, 0.3) is 0 Å². The number of hydrogen-bond donors (Lipinski definition) is 0. The molecule has 0 aromatic carbocycles. The van der Waals surface area contributed by atoms with E-state index in [9.17, 15) is 9.59 Å². The van der Waals surface area contributed by atoms with E-state index in [1.807, 2.05) is 11.8 Å². The summed E-state index contributed by atoms with van der Waals surface area (Å²) in [6, 6.07) is 0. The van der Waals surface area contributed by atoms with Crippen LogP contribution in [0.2, 0.25) is 0 Å². The van der Waals surface area contributed by atoms with E-state index in [2.05, 4.69) is 9.88 Å². The van der Waals surface area contributed by atoms with Crippen LogP contribution in [0.1, 0.15) is 24.8 Å². The quantitative estimate of drug-likeness (QED) is 0.776. The van der Waals surface area contributed by atoms with Crippen molar-refractivity contribution in [3.63, 3.8) is 0 Å². The van der Waals surface area contributed by atoms with E-state index in [0.29, 0.717) is 37.7 Å². The monoisotopic (exact) mass is 348 g/mol. The summed E-state index contributed by atoms with van der Waals surface area (Å²) in [5.74, 6) is 0.726. The van der Waals surface area contributed by atoms with Crippen molar-refractivity contribution in [3.05, 3.63) is 28.4 Å². The lowest BCUT2D eigenvalue weighted by Gasteiger charge is -2.33. The van der Waals surface area contributed by atoms with Crippen LogP contribution in [-0.4, -0.2) is 71.2 Å². The molecule has 0 N–H and O–H groups in total. The normalized spacial score (nSPS) is 20.7. The number of nitrogens with zero attached hydrogens (tertiary/aromatic N) is 4. The van der Waals surface area contributed by atoms with Gasteiger partial charge in [0.05, 0.1) is 26.0 Å². The topological polar surface area (TPSA) is 67.7 Å². The summed E-state index contributed by atoms with van der Waals surface area (Å²) in [4.78, 5) is 32.6. The van der Waals surface area contributed by atoms with Gasteiger partial charge in [-0.2, -0.15) is 0 Å². The summed E-state index contributed by atoms with van der Waals surface area (Å²) in [5.41, 5.74) is 0.769. The van der Waals surface area contributed by atoms with E-state index in [-0.39, 0.29) is 11.5 Å². The van der Waals surface area contributed by atoms with E-state index in [0.717, 1.165) is 45.6 Å². The Morgan fingerprint density at radius 3 is 2.76 bits per heavy atom. The smallest absolute Gasteiger partial charge is 0.256 e. The lowest BCUT2D eigenvalue weighted by atomic mass is 9.96. The Morgan fingerprint density at radius 1 is 1.16 bits per heavy atom. The molecule has 2 aliphatic rings. The van der Waals surface area contributed by atoms with Gasteiger partial charge in [0.25, 0.3) is 5.56 Å². The number of ether oxygens (including phenoxy) is 1. The first-order valence-corrected chi connectivity index (χ1v) is 9.22. The fourth-order valence-electron chi connectivity index (χ4n) is 3.58. The molecule has 25 heavy (non-hydrogen) atoms. The van der Waals surface area contributed by atoms with Gasteiger partial charge in [-0.25, -0.2) is 4.98 Å². The van der Waals surface area contributed by atoms with Gasteiger partial charge in [-0.1, -0.05) is 0 Å². The maximum atomic E-state index is 12.1. The van der Waals surface area contributed by atoms with Gasteiger partial charge >= 0.3 is 0 Å².